The summed E-state index contributed by atoms with van der Waals surface area (Å²) in [6.07, 6.45) is 11.3. The molecule has 2 aliphatic rings. The molecular weight excluding hydrogens is 953 g/mol. The van der Waals surface area contributed by atoms with Gasteiger partial charge in [-0.1, -0.05) is 72.7 Å². The van der Waals surface area contributed by atoms with Gasteiger partial charge in [-0.2, -0.15) is 0 Å². The molecule has 19 heteroatoms. The number of benzene rings is 3. The third-order valence-electron chi connectivity index (χ3n) is 12.8. The molecule has 5 amide bonds. The van der Waals surface area contributed by atoms with Crippen LogP contribution in [0.5, 0.6) is 0 Å². The van der Waals surface area contributed by atoms with Crippen LogP contribution in [0.25, 0.3) is 17.0 Å². The van der Waals surface area contributed by atoms with Gasteiger partial charge >= 0.3 is 5.97 Å². The first kappa shape index (κ1) is 54.0. The zero-order valence-corrected chi connectivity index (χ0v) is 42.1. The van der Waals surface area contributed by atoms with Crippen LogP contribution in [-0.2, 0) is 75.8 Å². The van der Waals surface area contributed by atoms with Crippen molar-refractivity contribution in [1.29, 1.82) is 0 Å². The number of imide groups is 2. The normalized spacial score (nSPS) is 15.0. The molecule has 5 aromatic rings. The fourth-order valence-corrected chi connectivity index (χ4v) is 9.86. The fraction of sp³-hybridized carbons (Fsp3) is 0.426. The van der Waals surface area contributed by atoms with E-state index in [0.717, 1.165) is 46.5 Å². The van der Waals surface area contributed by atoms with Crippen molar-refractivity contribution in [2.24, 2.45) is 0 Å². The van der Waals surface area contributed by atoms with Crippen molar-refractivity contribution in [2.45, 2.75) is 127 Å². The first-order chi connectivity index (χ1) is 35.4. The minimum Gasteiger partial charge on any atom is -0.395 e. The van der Waals surface area contributed by atoms with Gasteiger partial charge in [-0.25, -0.2) is 10.3 Å². The predicted octanol–water partition coefficient (Wildman–Crippen LogP) is 6.52. The van der Waals surface area contributed by atoms with E-state index in [2.05, 4.69) is 50.8 Å². The number of ketones is 1. The van der Waals surface area contributed by atoms with E-state index < -0.39 is 28.9 Å². The number of hydroxylamine groups is 3. The number of H-pyrrole nitrogens is 1. The molecule has 1 atom stereocenters. The van der Waals surface area contributed by atoms with Crippen LogP contribution in [0.3, 0.4) is 0 Å². The number of aromatic amines is 1. The molecule has 0 saturated carbocycles. The summed E-state index contributed by atoms with van der Waals surface area (Å²) in [6, 6.07) is 23.7. The summed E-state index contributed by atoms with van der Waals surface area (Å²) in [4.78, 5) is 104. The highest BCUT2D eigenvalue weighted by molar-refractivity contribution is 8.00. The van der Waals surface area contributed by atoms with Gasteiger partial charge in [0.05, 0.1) is 24.2 Å². The minimum absolute atomic E-state index is 0.0583. The maximum atomic E-state index is 13.2. The summed E-state index contributed by atoms with van der Waals surface area (Å²) >= 11 is 1.35. The third-order valence-corrected chi connectivity index (χ3v) is 14.0. The summed E-state index contributed by atoms with van der Waals surface area (Å²) in [5, 5.41) is 19.3. The maximum absolute atomic E-state index is 13.2. The largest absolute Gasteiger partial charge is 0.395 e. The number of nitrogens with one attached hydrogen (secondary N) is 2. The van der Waals surface area contributed by atoms with Crippen LogP contribution in [0.2, 0.25) is 0 Å². The monoisotopic (exact) mass is 1020 g/mol. The predicted molar refractivity (Wildman–Crippen MR) is 272 cm³/mol. The number of amides is 5. The van der Waals surface area contributed by atoms with Gasteiger partial charge in [-0.15, -0.1) is 21.9 Å². The van der Waals surface area contributed by atoms with Crippen molar-refractivity contribution in [2.75, 3.05) is 26.2 Å². The summed E-state index contributed by atoms with van der Waals surface area (Å²) in [5.41, 5.74) is 9.55. The molecule has 2 saturated heterocycles. The second kappa shape index (κ2) is 27.3. The van der Waals surface area contributed by atoms with Crippen LogP contribution >= 0.6 is 11.8 Å². The highest BCUT2D eigenvalue weighted by Crippen LogP contribution is 2.32. The summed E-state index contributed by atoms with van der Waals surface area (Å²) in [5.74, 6) is -2.31. The van der Waals surface area contributed by atoms with Gasteiger partial charge in [-0.05, 0) is 92.0 Å². The summed E-state index contributed by atoms with van der Waals surface area (Å²) < 4.78 is 1.70. The highest BCUT2D eigenvalue weighted by Gasteiger charge is 2.38. The Morgan fingerprint density at radius 2 is 1.56 bits per heavy atom. The Kier molecular flexibility index (Phi) is 20.2. The van der Waals surface area contributed by atoms with E-state index in [1.165, 1.54) is 39.4 Å². The Morgan fingerprint density at radius 3 is 2.33 bits per heavy atom. The zero-order valence-electron chi connectivity index (χ0n) is 41.3. The molecule has 2 aliphatic heterocycles. The molecule has 0 spiro atoms. The van der Waals surface area contributed by atoms with Crippen molar-refractivity contribution < 1.29 is 48.3 Å². The standard InChI is InChI=1S/C54H64N8O10S/c1-38-45(46-11-6-7-12-47(46)55-38)28-31-59(32-33-63)35-40-16-14-39(15-17-40)20-25-49(65)57-71-37-41-18-23-44(24-19-41)73-48-34-52(68)61(54(48)70)30-9-2-4-10-43(64)22-21-42-36-60(58-56-42)29-8-3-5-13-53(69)72-62-50(66)26-27-51(62)67/h6-7,11-12,14-20,23-25,36,48,55,63H,2-5,8-10,13,21-22,26-35,37H2,1H3,(H,57,65)/b25-20+. The first-order valence-corrected chi connectivity index (χ1v) is 26.0. The Labute approximate surface area is 428 Å². The lowest BCUT2D eigenvalue weighted by atomic mass is 10.1. The number of rotatable bonds is 30. The van der Waals surface area contributed by atoms with Crippen LogP contribution < -0.4 is 5.48 Å². The SMILES string of the molecule is Cc1[nH]c2ccccc2c1CCN(CCO)Cc1ccc(/C=C/C(=O)NOCc2ccc(SC3CC(=O)N(CCCCCC(=O)CCc4cn(CCCCCC(=O)ON5C(=O)CCC5=O)nn4)C3=O)cc2)cc1. The second-order valence-electron chi connectivity index (χ2n) is 18.4. The minimum atomic E-state index is -0.612. The topological polar surface area (TPSA) is 226 Å². The molecular formula is C54H64N8O10S. The van der Waals surface area contributed by atoms with Crippen LogP contribution in [0.4, 0.5) is 0 Å². The van der Waals surface area contributed by atoms with Crippen molar-refractivity contribution in [3.63, 3.8) is 0 Å². The molecule has 18 nitrogen and oxygen atoms in total. The number of thioether (sulfide) groups is 1. The number of carbonyl (C=O) groups excluding carboxylic acids is 7. The number of unbranched alkanes of at least 4 members (excludes halogenated alkanes) is 4. The van der Waals surface area contributed by atoms with E-state index in [1.54, 1.807) is 10.8 Å². The van der Waals surface area contributed by atoms with Crippen molar-refractivity contribution in [3.8, 4) is 0 Å². The maximum Gasteiger partial charge on any atom is 0.333 e. The number of fused-ring (bicyclic) bond motifs is 1. The lowest BCUT2D eigenvalue weighted by molar-refractivity contribution is -0.197. The lowest BCUT2D eigenvalue weighted by Crippen LogP contribution is -2.32. The van der Waals surface area contributed by atoms with Crippen LogP contribution in [-0.4, -0.2) is 113 Å². The van der Waals surface area contributed by atoms with Crippen molar-refractivity contribution in [1.82, 2.24) is 40.3 Å². The Bertz CT molecular complexity index is 2720. The second-order valence-corrected chi connectivity index (χ2v) is 19.6. The summed E-state index contributed by atoms with van der Waals surface area (Å²) in [7, 11) is 0. The van der Waals surface area contributed by atoms with Gasteiger partial charge in [0.25, 0.3) is 17.7 Å². The molecule has 73 heavy (non-hydrogen) atoms. The number of Topliss-reactive ketones (excluding diaryl/α,β-unsaturated/α-hetero) is 1. The van der Waals surface area contributed by atoms with Gasteiger partial charge in [0.1, 0.15) is 5.78 Å². The molecule has 0 aliphatic carbocycles. The number of hydrogen-bond acceptors (Lipinski definition) is 14. The number of aliphatic hydroxyl groups excluding tert-OH is 1. The van der Waals surface area contributed by atoms with Gasteiger partial charge in [0.2, 0.25) is 11.8 Å². The lowest BCUT2D eigenvalue weighted by Gasteiger charge is -2.21. The van der Waals surface area contributed by atoms with Crippen LogP contribution in [0, 0.1) is 6.92 Å². The number of para-hydroxylation sites is 1. The number of nitrogens with zero attached hydrogens (tertiary/aromatic N) is 6. The van der Waals surface area contributed by atoms with E-state index in [-0.39, 0.29) is 56.5 Å². The number of aliphatic hydroxyl groups is 1. The molecule has 4 heterocycles. The van der Waals surface area contributed by atoms with Crippen LogP contribution in [0.1, 0.15) is 111 Å². The fourth-order valence-electron chi connectivity index (χ4n) is 8.78. The first-order valence-electron chi connectivity index (χ1n) is 25.1. The third kappa shape index (κ3) is 16.4. The highest BCUT2D eigenvalue weighted by atomic mass is 32.2. The number of carbonyl (C=O) groups is 7. The number of likely N-dealkylation sites (tertiary alicyclic amines) is 1. The quantitative estimate of drug-likeness (QED) is 0.0193. The van der Waals surface area contributed by atoms with Gasteiger partial charge in [0.15, 0.2) is 0 Å². The Morgan fingerprint density at radius 1 is 0.836 bits per heavy atom. The Hall–Kier alpha value is -6.80. The molecule has 1 unspecified atom stereocenters. The van der Waals surface area contributed by atoms with E-state index in [9.17, 15) is 38.7 Å². The molecule has 3 N–H and O–H groups in total. The molecule has 386 valence electrons. The van der Waals surface area contributed by atoms with Gasteiger partial charge in [-0.3, -0.25) is 48.1 Å². The zero-order chi connectivity index (χ0) is 51.5. The Balaban J connectivity index is 0.716. The van der Waals surface area contributed by atoms with Gasteiger partial charge in [0, 0.05) is 105 Å². The average Bonchev–Trinajstić information content (AvgIpc) is 4.13. The van der Waals surface area contributed by atoms with E-state index >= 15 is 0 Å². The molecule has 7 rings (SSSR count). The van der Waals surface area contributed by atoms with Crippen molar-refractivity contribution >= 4 is 70.0 Å². The average molecular weight is 1020 g/mol. The number of aryl methyl sites for hydroxylation is 3. The van der Waals surface area contributed by atoms with E-state index in [0.29, 0.717) is 88.3 Å². The molecule has 2 fully saturated rings. The number of aromatic nitrogens is 4. The smallest absolute Gasteiger partial charge is 0.333 e. The molecule has 3 aromatic carbocycles. The molecule has 0 radical (unpaired) electrons. The molecule has 2 aromatic heterocycles. The van der Waals surface area contributed by atoms with Crippen LogP contribution in [0.15, 0.2) is 90.0 Å². The molecule has 0 bridgehead atoms. The summed E-state index contributed by atoms with van der Waals surface area (Å²) in [6.45, 7) is 5.29. The van der Waals surface area contributed by atoms with Crippen molar-refractivity contribution in [3.05, 3.63) is 119 Å². The van der Waals surface area contributed by atoms with E-state index in [4.69, 9.17) is 9.68 Å². The van der Waals surface area contributed by atoms with E-state index in [1.807, 2.05) is 60.8 Å². The number of hydrogen-bond donors (Lipinski definition) is 3. The van der Waals surface area contributed by atoms with Gasteiger partial charge < -0.3 is 14.9 Å².